The van der Waals surface area contributed by atoms with E-state index < -0.39 is 11.8 Å². The van der Waals surface area contributed by atoms with Gasteiger partial charge in [-0.1, -0.05) is 42.5 Å². The lowest BCUT2D eigenvalue weighted by molar-refractivity contribution is 0.0996. The van der Waals surface area contributed by atoms with Crippen LogP contribution in [0.2, 0.25) is 0 Å². The van der Waals surface area contributed by atoms with Crippen molar-refractivity contribution >= 4 is 22.7 Å². The van der Waals surface area contributed by atoms with E-state index in [1.54, 1.807) is 36.1 Å². The molecular weight excluding hydrogens is 420 g/mol. The minimum absolute atomic E-state index is 0.0561. The van der Waals surface area contributed by atoms with Crippen LogP contribution in [0.5, 0.6) is 5.75 Å². The summed E-state index contributed by atoms with van der Waals surface area (Å²) in [7, 11) is 1.63. The van der Waals surface area contributed by atoms with Crippen molar-refractivity contribution < 1.29 is 14.3 Å². The second-order valence-electron chi connectivity index (χ2n) is 7.52. The summed E-state index contributed by atoms with van der Waals surface area (Å²) in [6.45, 7) is 2.51. The number of ether oxygens (including phenoxy) is 1. The maximum Gasteiger partial charge on any atom is 0.268 e. The number of carbonyl (C=O) groups excluding carboxylic acids is 2. The first-order valence-corrected chi connectivity index (χ1v) is 10.5. The van der Waals surface area contributed by atoms with Crippen molar-refractivity contribution in [1.29, 1.82) is 0 Å². The van der Waals surface area contributed by atoms with E-state index in [0.29, 0.717) is 36.0 Å². The molecule has 4 N–H and O–H groups in total. The number of methoxy groups -OCH3 is 1. The molecule has 9 nitrogen and oxygen atoms in total. The molecule has 4 aromatic rings. The summed E-state index contributed by atoms with van der Waals surface area (Å²) in [4.78, 5) is 29.3. The quantitative estimate of drug-likeness (QED) is 0.428. The fourth-order valence-corrected chi connectivity index (χ4v) is 3.96. The number of fused-ring (bicyclic) bond motifs is 1. The Bertz CT molecular complexity index is 1340. The van der Waals surface area contributed by atoms with Crippen LogP contribution in [-0.4, -0.2) is 38.9 Å². The van der Waals surface area contributed by atoms with Crippen LogP contribution >= 0.6 is 0 Å². The van der Waals surface area contributed by atoms with Gasteiger partial charge in [-0.25, -0.2) is 9.67 Å². The van der Waals surface area contributed by atoms with E-state index in [1.807, 2.05) is 31.2 Å². The number of para-hydroxylation sites is 1. The average Bonchev–Trinajstić information content (AvgIpc) is 3.24. The highest BCUT2D eigenvalue weighted by Crippen LogP contribution is 2.33. The summed E-state index contributed by atoms with van der Waals surface area (Å²) in [5.74, 6) is -0.674. The van der Waals surface area contributed by atoms with Gasteiger partial charge < -0.3 is 16.2 Å². The Hall–Kier alpha value is -4.27. The number of nitrogens with two attached hydrogens (primary N) is 2. The Kier molecular flexibility index (Phi) is 6.03. The first-order valence-electron chi connectivity index (χ1n) is 10.5. The van der Waals surface area contributed by atoms with Gasteiger partial charge in [-0.05, 0) is 36.6 Å². The Morgan fingerprint density at radius 1 is 1.03 bits per heavy atom. The second kappa shape index (κ2) is 9.07. The van der Waals surface area contributed by atoms with Gasteiger partial charge in [-0.3, -0.25) is 9.59 Å². The molecule has 2 heterocycles. The highest BCUT2D eigenvalue weighted by atomic mass is 16.5. The summed E-state index contributed by atoms with van der Waals surface area (Å²) < 4.78 is 6.97. The zero-order chi connectivity index (χ0) is 23.5. The van der Waals surface area contributed by atoms with Gasteiger partial charge >= 0.3 is 0 Å². The smallest absolute Gasteiger partial charge is 0.268 e. The molecule has 33 heavy (non-hydrogen) atoms. The Balaban J connectivity index is 1.82. The summed E-state index contributed by atoms with van der Waals surface area (Å²) in [6.07, 6.45) is 1.27. The molecule has 4 rings (SSSR count). The maximum absolute atomic E-state index is 12.5. The van der Waals surface area contributed by atoms with Crippen molar-refractivity contribution in [3.63, 3.8) is 0 Å². The molecular formula is C24H24N6O3. The van der Waals surface area contributed by atoms with Gasteiger partial charge in [0.2, 0.25) is 5.91 Å². The standard InChI is InChI=1S/C24H24N6O3/c1-3-18-21(28-29-30(18)13-12-14-8-10-15(33-2)11-9-14)20-19(23(25)31)16-6-4-5-7-17(16)27-22(20)24(26)32/h4-11H,3,12-13H2,1-2H3,(H2,25,31)(H2,26,32). The molecule has 2 amide bonds. The number of nitrogens with zero attached hydrogens (tertiary/aromatic N) is 4. The lowest BCUT2D eigenvalue weighted by atomic mass is 9.95. The van der Waals surface area contributed by atoms with Crippen molar-refractivity contribution in [2.24, 2.45) is 11.5 Å². The van der Waals surface area contributed by atoms with E-state index in [9.17, 15) is 9.59 Å². The van der Waals surface area contributed by atoms with Gasteiger partial charge in [0.1, 0.15) is 17.1 Å². The first-order chi connectivity index (χ1) is 15.9. The number of aryl methyl sites for hydroxylation is 2. The van der Waals surface area contributed by atoms with Crippen LogP contribution in [-0.2, 0) is 19.4 Å². The van der Waals surface area contributed by atoms with Crippen molar-refractivity contribution in [2.75, 3.05) is 7.11 Å². The number of hydrogen-bond donors (Lipinski definition) is 2. The van der Waals surface area contributed by atoms with Gasteiger partial charge in [0.05, 0.1) is 23.9 Å². The molecule has 0 spiro atoms. The maximum atomic E-state index is 12.5. The van der Waals surface area contributed by atoms with Crippen molar-refractivity contribution in [2.45, 2.75) is 26.3 Å². The molecule has 0 aliphatic heterocycles. The molecule has 0 atom stereocenters. The van der Waals surface area contributed by atoms with Crippen LogP contribution in [0.4, 0.5) is 0 Å². The normalized spacial score (nSPS) is 11.0. The molecule has 0 bridgehead atoms. The van der Waals surface area contributed by atoms with Crippen LogP contribution in [0.1, 0.15) is 39.0 Å². The number of carbonyl (C=O) groups is 2. The molecule has 9 heteroatoms. The first kappa shape index (κ1) is 21.9. The van der Waals surface area contributed by atoms with Gasteiger partial charge in [0.25, 0.3) is 5.91 Å². The molecule has 0 radical (unpaired) electrons. The summed E-state index contributed by atoms with van der Waals surface area (Å²) in [6, 6.07) is 14.8. The van der Waals surface area contributed by atoms with Gasteiger partial charge in [0.15, 0.2) is 0 Å². The van der Waals surface area contributed by atoms with Crippen molar-refractivity contribution in [3.05, 3.63) is 71.0 Å². The molecule has 2 aromatic heterocycles. The van der Waals surface area contributed by atoms with E-state index in [-0.39, 0.29) is 16.8 Å². The SMILES string of the molecule is CCc1c(-c2c(C(N)=O)nc3ccccc3c2C(N)=O)nnn1CCc1ccc(OC)cc1. The molecule has 0 fully saturated rings. The minimum Gasteiger partial charge on any atom is -0.497 e. The topological polar surface area (TPSA) is 139 Å². The number of rotatable bonds is 8. The Morgan fingerprint density at radius 3 is 2.39 bits per heavy atom. The summed E-state index contributed by atoms with van der Waals surface area (Å²) in [5, 5.41) is 9.16. The van der Waals surface area contributed by atoms with Crippen molar-refractivity contribution in [3.8, 4) is 17.0 Å². The third kappa shape index (κ3) is 4.12. The summed E-state index contributed by atoms with van der Waals surface area (Å²) in [5.41, 5.74) is 14.4. The Labute approximate surface area is 190 Å². The van der Waals surface area contributed by atoms with Crippen LogP contribution in [0, 0.1) is 0 Å². The predicted octanol–water partition coefficient (Wildman–Crippen LogP) is 2.50. The number of benzene rings is 2. The van der Waals surface area contributed by atoms with Crippen LogP contribution in [0.25, 0.3) is 22.2 Å². The highest BCUT2D eigenvalue weighted by molar-refractivity contribution is 6.15. The van der Waals surface area contributed by atoms with Crippen LogP contribution < -0.4 is 16.2 Å². The largest absolute Gasteiger partial charge is 0.497 e. The molecule has 0 aliphatic carbocycles. The van der Waals surface area contributed by atoms with E-state index in [4.69, 9.17) is 16.2 Å². The molecule has 0 saturated heterocycles. The lowest BCUT2D eigenvalue weighted by Crippen LogP contribution is -2.21. The van der Waals surface area contributed by atoms with Gasteiger partial charge in [0, 0.05) is 17.5 Å². The van der Waals surface area contributed by atoms with Gasteiger partial charge in [-0.2, -0.15) is 0 Å². The third-order valence-electron chi connectivity index (χ3n) is 5.55. The number of hydrogen-bond acceptors (Lipinski definition) is 6. The fourth-order valence-electron chi connectivity index (χ4n) is 3.96. The predicted molar refractivity (Wildman–Crippen MR) is 124 cm³/mol. The van der Waals surface area contributed by atoms with E-state index >= 15 is 0 Å². The molecule has 0 aliphatic rings. The van der Waals surface area contributed by atoms with E-state index in [1.165, 1.54) is 0 Å². The fraction of sp³-hybridized carbons (Fsp3) is 0.208. The molecule has 0 unspecified atom stereocenters. The third-order valence-corrected chi connectivity index (χ3v) is 5.55. The number of aromatic nitrogens is 4. The number of primary amides is 2. The van der Waals surface area contributed by atoms with E-state index in [0.717, 1.165) is 17.0 Å². The zero-order valence-electron chi connectivity index (χ0n) is 18.4. The molecule has 0 saturated carbocycles. The van der Waals surface area contributed by atoms with Crippen LogP contribution in [0.3, 0.4) is 0 Å². The van der Waals surface area contributed by atoms with Crippen LogP contribution in [0.15, 0.2) is 48.5 Å². The monoisotopic (exact) mass is 444 g/mol. The molecule has 168 valence electrons. The Morgan fingerprint density at radius 2 is 1.76 bits per heavy atom. The number of amides is 2. The zero-order valence-corrected chi connectivity index (χ0v) is 18.4. The summed E-state index contributed by atoms with van der Waals surface area (Å²) >= 11 is 0. The minimum atomic E-state index is -0.770. The second-order valence-corrected chi connectivity index (χ2v) is 7.52. The molecule has 2 aromatic carbocycles. The van der Waals surface area contributed by atoms with Gasteiger partial charge in [-0.15, -0.1) is 5.10 Å². The van der Waals surface area contributed by atoms with Crippen molar-refractivity contribution in [1.82, 2.24) is 20.0 Å². The van der Waals surface area contributed by atoms with E-state index in [2.05, 4.69) is 15.3 Å². The number of pyridine rings is 1. The average molecular weight is 444 g/mol. The lowest BCUT2D eigenvalue weighted by Gasteiger charge is -2.13. The highest BCUT2D eigenvalue weighted by Gasteiger charge is 2.27.